The van der Waals surface area contributed by atoms with E-state index in [2.05, 4.69) is 83.1 Å². The van der Waals surface area contributed by atoms with Crippen LogP contribution < -0.4 is 0 Å². The number of hydrogen-bond acceptors (Lipinski definition) is 0. The van der Waals surface area contributed by atoms with E-state index in [0.29, 0.717) is 11.8 Å². The largest absolute Gasteiger partial charge is 0.0651 e. The molecule has 0 spiro atoms. The molecule has 3 aromatic rings. The third-order valence-corrected chi connectivity index (χ3v) is 7.61. The molecular formula is C28H36. The lowest BCUT2D eigenvalue weighted by atomic mass is 9.70. The predicted molar refractivity (Wildman–Crippen MR) is 124 cm³/mol. The highest BCUT2D eigenvalue weighted by molar-refractivity contribution is 6.08. The molecule has 0 bridgehead atoms. The van der Waals surface area contributed by atoms with Crippen molar-refractivity contribution in [2.45, 2.75) is 72.1 Å². The SMILES string of the molecule is [2H]C1c2c(ccc3c2ccc2ccccc23)[C@](C)([C@H](C)CCC(CC)C(C)C)C1[2H]. The summed E-state index contributed by atoms with van der Waals surface area (Å²) in [6, 6.07) is 17.4. The number of hydrogen-bond donors (Lipinski definition) is 0. The average Bonchev–Trinajstić information content (AvgIpc) is 2.95. The van der Waals surface area contributed by atoms with E-state index in [1.165, 1.54) is 39.9 Å². The van der Waals surface area contributed by atoms with Crippen molar-refractivity contribution < 1.29 is 2.74 Å². The van der Waals surface area contributed by atoms with Crippen molar-refractivity contribution in [1.29, 1.82) is 0 Å². The monoisotopic (exact) mass is 374 g/mol. The van der Waals surface area contributed by atoms with E-state index < -0.39 is 12.8 Å². The Balaban J connectivity index is 1.78. The summed E-state index contributed by atoms with van der Waals surface area (Å²) >= 11 is 0. The van der Waals surface area contributed by atoms with Crippen LogP contribution in [-0.4, -0.2) is 0 Å². The zero-order valence-electron chi connectivity index (χ0n) is 20.1. The quantitative estimate of drug-likeness (QED) is 0.381. The molecule has 148 valence electrons. The maximum absolute atomic E-state index is 9.07. The van der Waals surface area contributed by atoms with E-state index in [4.69, 9.17) is 2.74 Å². The molecule has 3 unspecified atom stereocenters. The molecule has 1 aliphatic carbocycles. The number of benzene rings is 3. The fourth-order valence-corrected chi connectivity index (χ4v) is 5.31. The van der Waals surface area contributed by atoms with Crippen molar-refractivity contribution in [1.82, 2.24) is 0 Å². The predicted octanol–water partition coefficient (Wildman–Crippen LogP) is 8.30. The second-order valence-electron chi connectivity index (χ2n) is 9.42. The van der Waals surface area contributed by atoms with Gasteiger partial charge >= 0.3 is 0 Å². The molecule has 28 heavy (non-hydrogen) atoms. The zero-order valence-corrected chi connectivity index (χ0v) is 18.1. The van der Waals surface area contributed by atoms with Gasteiger partial charge in [0.2, 0.25) is 0 Å². The molecule has 0 N–H and O–H groups in total. The minimum absolute atomic E-state index is 0.267. The van der Waals surface area contributed by atoms with Crippen molar-refractivity contribution >= 4 is 21.5 Å². The van der Waals surface area contributed by atoms with E-state index in [-0.39, 0.29) is 5.41 Å². The van der Waals surface area contributed by atoms with E-state index in [0.717, 1.165) is 17.9 Å². The lowest BCUT2D eigenvalue weighted by Gasteiger charge is -2.34. The summed E-state index contributed by atoms with van der Waals surface area (Å²) in [7, 11) is 0. The second kappa shape index (κ2) is 7.54. The highest BCUT2D eigenvalue weighted by Crippen LogP contribution is 2.48. The lowest BCUT2D eigenvalue weighted by Crippen LogP contribution is -2.28. The maximum atomic E-state index is 9.07. The van der Waals surface area contributed by atoms with Crippen LogP contribution in [-0.2, 0) is 11.8 Å². The van der Waals surface area contributed by atoms with E-state index in [1.54, 1.807) is 0 Å². The van der Waals surface area contributed by atoms with Gasteiger partial charge in [-0.15, -0.1) is 0 Å². The van der Waals surface area contributed by atoms with Gasteiger partial charge in [0, 0.05) is 2.74 Å². The van der Waals surface area contributed by atoms with Crippen LogP contribution in [0.5, 0.6) is 0 Å². The first kappa shape index (κ1) is 17.1. The molecule has 3 aromatic carbocycles. The number of aryl methyl sites for hydroxylation is 1. The average molecular weight is 375 g/mol. The Morgan fingerprint density at radius 1 is 0.929 bits per heavy atom. The topological polar surface area (TPSA) is 0 Å². The van der Waals surface area contributed by atoms with Crippen LogP contribution in [0.2, 0.25) is 0 Å². The van der Waals surface area contributed by atoms with Crippen molar-refractivity contribution in [3.8, 4) is 0 Å². The van der Waals surface area contributed by atoms with Gasteiger partial charge in [-0.3, -0.25) is 0 Å². The number of rotatable bonds is 6. The molecule has 0 heteroatoms. The Bertz CT molecular complexity index is 1050. The molecule has 0 amide bonds. The first-order chi connectivity index (χ1) is 14.3. The summed E-state index contributed by atoms with van der Waals surface area (Å²) in [5.74, 6) is 1.84. The highest BCUT2D eigenvalue weighted by atomic mass is 14.4. The minimum atomic E-state index is -0.482. The minimum Gasteiger partial charge on any atom is -0.0651 e. The summed E-state index contributed by atoms with van der Waals surface area (Å²) in [5, 5.41) is 4.88. The second-order valence-corrected chi connectivity index (χ2v) is 9.42. The van der Waals surface area contributed by atoms with Gasteiger partial charge in [0.15, 0.2) is 0 Å². The first-order valence-electron chi connectivity index (χ1n) is 12.3. The summed E-state index contributed by atoms with van der Waals surface area (Å²) < 4.78 is 18.1. The van der Waals surface area contributed by atoms with Crippen LogP contribution in [0.15, 0.2) is 48.5 Å². The molecule has 0 aromatic heterocycles. The van der Waals surface area contributed by atoms with Crippen molar-refractivity contribution in [2.75, 3.05) is 0 Å². The molecule has 0 nitrogen and oxygen atoms in total. The van der Waals surface area contributed by atoms with Crippen LogP contribution in [0.3, 0.4) is 0 Å². The van der Waals surface area contributed by atoms with Crippen LogP contribution in [0.25, 0.3) is 21.5 Å². The molecule has 0 heterocycles. The molecular weight excluding hydrogens is 336 g/mol. The van der Waals surface area contributed by atoms with E-state index in [1.807, 2.05) is 0 Å². The first-order valence-corrected chi connectivity index (χ1v) is 11.1. The third kappa shape index (κ3) is 3.15. The Morgan fingerprint density at radius 3 is 2.43 bits per heavy atom. The molecule has 0 radical (unpaired) electrons. The van der Waals surface area contributed by atoms with Crippen LogP contribution in [0.4, 0.5) is 0 Å². The molecule has 0 fully saturated rings. The summed E-state index contributed by atoms with van der Waals surface area (Å²) in [4.78, 5) is 0. The van der Waals surface area contributed by atoms with Crippen molar-refractivity contribution in [3.05, 3.63) is 59.7 Å². The van der Waals surface area contributed by atoms with E-state index >= 15 is 0 Å². The molecule has 4 rings (SSSR count). The van der Waals surface area contributed by atoms with Crippen LogP contribution in [0.1, 0.15) is 74.1 Å². The zero-order chi connectivity index (χ0) is 21.6. The van der Waals surface area contributed by atoms with Crippen LogP contribution in [0, 0.1) is 17.8 Å². The highest BCUT2D eigenvalue weighted by Gasteiger charge is 2.39. The molecule has 0 saturated carbocycles. The fraction of sp³-hybridized carbons (Fsp3) is 0.500. The molecule has 1 aliphatic rings. The maximum Gasteiger partial charge on any atom is 0.0317 e. The Kier molecular flexibility index (Phi) is 4.60. The molecule has 5 atom stereocenters. The Hall–Kier alpha value is -1.82. The van der Waals surface area contributed by atoms with Gasteiger partial charge < -0.3 is 0 Å². The van der Waals surface area contributed by atoms with E-state index in [9.17, 15) is 0 Å². The third-order valence-electron chi connectivity index (χ3n) is 7.61. The van der Waals surface area contributed by atoms with Crippen molar-refractivity contribution in [3.63, 3.8) is 0 Å². The van der Waals surface area contributed by atoms with Gasteiger partial charge in [-0.2, -0.15) is 0 Å². The van der Waals surface area contributed by atoms with Gasteiger partial charge in [0.1, 0.15) is 0 Å². The van der Waals surface area contributed by atoms with Gasteiger partial charge in [-0.25, -0.2) is 0 Å². The summed E-state index contributed by atoms with van der Waals surface area (Å²) in [6.45, 7) is 11.5. The smallest absolute Gasteiger partial charge is 0.0317 e. The number of fused-ring (bicyclic) bond motifs is 5. The van der Waals surface area contributed by atoms with Crippen molar-refractivity contribution in [2.24, 2.45) is 17.8 Å². The lowest BCUT2D eigenvalue weighted by molar-refractivity contribution is 0.249. The summed E-state index contributed by atoms with van der Waals surface area (Å²) in [5.41, 5.74) is 2.08. The summed E-state index contributed by atoms with van der Waals surface area (Å²) in [6.07, 6.45) is 2.67. The Labute approximate surface area is 174 Å². The normalized spacial score (nSPS) is 27.6. The fourth-order valence-electron chi connectivity index (χ4n) is 5.31. The van der Waals surface area contributed by atoms with Gasteiger partial charge in [-0.1, -0.05) is 89.6 Å². The molecule has 0 aliphatic heterocycles. The van der Waals surface area contributed by atoms with Gasteiger partial charge in [-0.05, 0) is 81.5 Å². The molecule has 0 saturated heterocycles. The van der Waals surface area contributed by atoms with Crippen LogP contribution >= 0.6 is 0 Å². The van der Waals surface area contributed by atoms with Gasteiger partial charge in [0.25, 0.3) is 0 Å². The Morgan fingerprint density at radius 2 is 1.68 bits per heavy atom. The standard InChI is InChI=1S/C28H36/c1-6-21(19(2)3)12-11-20(4)28(5)18-17-26-25-14-13-22-9-7-8-10-23(22)24(25)15-16-27(26)28/h7-10,13-16,19-21H,6,11-12,17-18H2,1-5H3/t20-,21?,28+/m1/s1/i17D,18D/t17?,18?,20-,21?,28+. The van der Waals surface area contributed by atoms with Gasteiger partial charge in [0.05, 0.1) is 0 Å².